The molecule has 0 amide bonds. The molecule has 0 aliphatic rings. The van der Waals surface area contributed by atoms with E-state index in [4.69, 9.17) is 14.2 Å². The molecule has 0 N–H and O–H groups in total. The minimum absolute atomic E-state index is 0.0946. The molecule has 0 aromatic rings. The zero-order valence-corrected chi connectivity index (χ0v) is 45.1. The van der Waals surface area contributed by atoms with Crippen LogP contribution in [0.1, 0.15) is 297 Å². The molecular weight excluding hydrogens is 841 g/mol. The van der Waals surface area contributed by atoms with Crippen molar-refractivity contribution in [2.75, 3.05) is 13.2 Å². The number of hydrogen-bond donors (Lipinski definition) is 0. The lowest BCUT2D eigenvalue weighted by Gasteiger charge is -2.18. The molecular formula is C62H110O6. The van der Waals surface area contributed by atoms with Crippen molar-refractivity contribution in [3.63, 3.8) is 0 Å². The minimum atomic E-state index is -0.798. The van der Waals surface area contributed by atoms with Crippen LogP contribution in [0.2, 0.25) is 0 Å². The Labute approximate surface area is 421 Å². The molecule has 0 radical (unpaired) electrons. The minimum Gasteiger partial charge on any atom is -0.462 e. The first-order chi connectivity index (χ1) is 33.5. The number of carbonyl (C=O) groups is 3. The van der Waals surface area contributed by atoms with Gasteiger partial charge in [0, 0.05) is 19.3 Å². The predicted molar refractivity (Wildman–Crippen MR) is 293 cm³/mol. The third-order valence-corrected chi connectivity index (χ3v) is 12.8. The van der Waals surface area contributed by atoms with Crippen LogP contribution in [-0.4, -0.2) is 37.2 Å². The standard InChI is InChI=1S/C62H110O6/c1-4-7-10-13-15-17-19-21-23-25-26-27-28-29-30-31-32-33-34-35-37-38-40-42-44-46-49-52-55-61(64)67-58-59(57-66-60(63)54-51-48-12-9-6-3)68-62(65)56-53-50-47-45-43-41-39-36-24-22-20-18-16-14-11-8-5-2/h8,11,16,18,22,24,39,41,45,47,59H,4-7,9-10,12-15,17,19-21,23,25-38,40,42-44,46,48-58H2,1-3H3/b11-8-,18-16-,24-22-,41-39-,47-45-. The van der Waals surface area contributed by atoms with E-state index in [-0.39, 0.29) is 37.5 Å². The smallest absolute Gasteiger partial charge is 0.306 e. The Bertz CT molecular complexity index is 1230. The van der Waals surface area contributed by atoms with Gasteiger partial charge in [-0.25, -0.2) is 0 Å². The van der Waals surface area contributed by atoms with Crippen LogP contribution in [0.15, 0.2) is 60.8 Å². The van der Waals surface area contributed by atoms with Gasteiger partial charge in [0.15, 0.2) is 6.10 Å². The molecule has 0 aromatic carbocycles. The Balaban J connectivity index is 4.03. The van der Waals surface area contributed by atoms with Gasteiger partial charge in [0.05, 0.1) is 0 Å². The van der Waals surface area contributed by atoms with Crippen molar-refractivity contribution in [2.24, 2.45) is 0 Å². The van der Waals surface area contributed by atoms with Gasteiger partial charge in [0.25, 0.3) is 0 Å². The van der Waals surface area contributed by atoms with E-state index >= 15 is 0 Å². The van der Waals surface area contributed by atoms with E-state index in [1.54, 1.807) is 0 Å². The summed E-state index contributed by atoms with van der Waals surface area (Å²) in [6, 6.07) is 0. The van der Waals surface area contributed by atoms with Crippen LogP contribution in [0.3, 0.4) is 0 Å². The Morgan fingerprint density at radius 1 is 0.309 bits per heavy atom. The molecule has 0 bridgehead atoms. The molecule has 394 valence electrons. The van der Waals surface area contributed by atoms with Gasteiger partial charge in [-0.2, -0.15) is 0 Å². The van der Waals surface area contributed by atoms with Crippen molar-refractivity contribution >= 4 is 17.9 Å². The molecule has 0 spiro atoms. The highest BCUT2D eigenvalue weighted by Gasteiger charge is 2.19. The zero-order valence-electron chi connectivity index (χ0n) is 45.1. The van der Waals surface area contributed by atoms with Crippen LogP contribution in [0.4, 0.5) is 0 Å². The van der Waals surface area contributed by atoms with Crippen molar-refractivity contribution < 1.29 is 28.6 Å². The van der Waals surface area contributed by atoms with Gasteiger partial charge in [-0.15, -0.1) is 0 Å². The summed E-state index contributed by atoms with van der Waals surface area (Å²) in [5, 5.41) is 0. The molecule has 0 rings (SSSR count). The summed E-state index contributed by atoms with van der Waals surface area (Å²) in [6.07, 6.45) is 71.5. The number of ether oxygens (including phenoxy) is 3. The Morgan fingerprint density at radius 3 is 0.882 bits per heavy atom. The van der Waals surface area contributed by atoms with E-state index in [9.17, 15) is 14.4 Å². The SMILES string of the molecule is CC/C=C\C/C=C\C/C=C\C/C=C\C/C=C\CCCC(=O)OC(COC(=O)CCCCCCC)COC(=O)CCCCCCCCCCCCCCCCCCCCCCCCCCCCCC. The number of esters is 3. The molecule has 1 atom stereocenters. The maximum absolute atomic E-state index is 12.7. The van der Waals surface area contributed by atoms with Crippen LogP contribution in [-0.2, 0) is 28.6 Å². The first kappa shape index (κ1) is 65.1. The van der Waals surface area contributed by atoms with Crippen molar-refractivity contribution in [2.45, 2.75) is 303 Å². The highest BCUT2D eigenvalue weighted by atomic mass is 16.6. The molecule has 6 heteroatoms. The molecule has 0 saturated heterocycles. The van der Waals surface area contributed by atoms with Gasteiger partial charge in [-0.3, -0.25) is 14.4 Å². The second kappa shape index (κ2) is 56.7. The largest absolute Gasteiger partial charge is 0.462 e. The van der Waals surface area contributed by atoms with Crippen LogP contribution in [0, 0.1) is 0 Å². The van der Waals surface area contributed by atoms with Crippen molar-refractivity contribution in [3.05, 3.63) is 60.8 Å². The first-order valence-corrected chi connectivity index (χ1v) is 29.3. The first-order valence-electron chi connectivity index (χ1n) is 29.3. The summed E-state index contributed by atoms with van der Waals surface area (Å²) >= 11 is 0. The topological polar surface area (TPSA) is 78.9 Å². The molecule has 0 heterocycles. The van der Waals surface area contributed by atoms with Gasteiger partial charge in [-0.1, -0.05) is 281 Å². The Morgan fingerprint density at radius 2 is 0.574 bits per heavy atom. The normalized spacial score (nSPS) is 12.5. The fraction of sp³-hybridized carbons (Fsp3) is 0.790. The van der Waals surface area contributed by atoms with Crippen LogP contribution in [0.5, 0.6) is 0 Å². The van der Waals surface area contributed by atoms with E-state index in [1.807, 2.05) is 0 Å². The number of unbranched alkanes of at least 4 members (excludes halogenated alkanes) is 32. The fourth-order valence-electron chi connectivity index (χ4n) is 8.42. The molecule has 0 aromatic heterocycles. The van der Waals surface area contributed by atoms with Gasteiger partial charge < -0.3 is 14.2 Å². The van der Waals surface area contributed by atoms with Crippen molar-refractivity contribution in [1.29, 1.82) is 0 Å². The third-order valence-electron chi connectivity index (χ3n) is 12.8. The molecule has 0 aliphatic heterocycles. The van der Waals surface area contributed by atoms with Gasteiger partial charge in [0.2, 0.25) is 0 Å². The van der Waals surface area contributed by atoms with Crippen molar-refractivity contribution in [3.8, 4) is 0 Å². The van der Waals surface area contributed by atoms with Gasteiger partial charge >= 0.3 is 17.9 Å². The molecule has 68 heavy (non-hydrogen) atoms. The second-order valence-electron chi connectivity index (χ2n) is 19.5. The van der Waals surface area contributed by atoms with E-state index in [0.717, 1.165) is 83.5 Å². The molecule has 6 nitrogen and oxygen atoms in total. The summed E-state index contributed by atoms with van der Waals surface area (Å²) in [4.78, 5) is 37.7. The third kappa shape index (κ3) is 54.1. The van der Waals surface area contributed by atoms with Gasteiger partial charge in [-0.05, 0) is 57.8 Å². The monoisotopic (exact) mass is 951 g/mol. The van der Waals surface area contributed by atoms with Crippen LogP contribution in [0.25, 0.3) is 0 Å². The number of hydrogen-bond acceptors (Lipinski definition) is 6. The summed E-state index contributed by atoms with van der Waals surface area (Å²) in [5.41, 5.74) is 0. The summed E-state index contributed by atoms with van der Waals surface area (Å²) in [6.45, 7) is 6.42. The van der Waals surface area contributed by atoms with E-state index in [2.05, 4.69) is 81.5 Å². The maximum Gasteiger partial charge on any atom is 0.306 e. The number of rotatable bonds is 53. The zero-order chi connectivity index (χ0) is 49.3. The lowest BCUT2D eigenvalue weighted by atomic mass is 10.0. The molecule has 1 unspecified atom stereocenters. The second-order valence-corrected chi connectivity index (χ2v) is 19.5. The summed E-state index contributed by atoms with van der Waals surface area (Å²) in [5.74, 6) is -0.959. The number of allylic oxidation sites excluding steroid dienone is 10. The van der Waals surface area contributed by atoms with Crippen LogP contribution >= 0.6 is 0 Å². The average Bonchev–Trinajstić information content (AvgIpc) is 3.34. The molecule has 0 saturated carbocycles. The highest BCUT2D eigenvalue weighted by molar-refractivity contribution is 5.71. The fourth-order valence-corrected chi connectivity index (χ4v) is 8.42. The van der Waals surface area contributed by atoms with E-state index in [1.165, 1.54) is 167 Å². The van der Waals surface area contributed by atoms with Gasteiger partial charge in [0.1, 0.15) is 13.2 Å². The molecule has 0 fully saturated rings. The summed E-state index contributed by atoms with van der Waals surface area (Å²) < 4.78 is 16.7. The average molecular weight is 952 g/mol. The quantitative estimate of drug-likeness (QED) is 0.0262. The lowest BCUT2D eigenvalue weighted by Crippen LogP contribution is -2.30. The summed E-state index contributed by atoms with van der Waals surface area (Å²) in [7, 11) is 0. The van der Waals surface area contributed by atoms with Crippen LogP contribution < -0.4 is 0 Å². The predicted octanol–water partition coefficient (Wildman–Crippen LogP) is 19.6. The maximum atomic E-state index is 12.7. The van der Waals surface area contributed by atoms with E-state index in [0.29, 0.717) is 19.3 Å². The number of carbonyl (C=O) groups excluding carboxylic acids is 3. The molecule has 0 aliphatic carbocycles. The van der Waals surface area contributed by atoms with E-state index < -0.39 is 6.10 Å². The lowest BCUT2D eigenvalue weighted by molar-refractivity contribution is -0.167. The van der Waals surface area contributed by atoms with Crippen molar-refractivity contribution in [1.82, 2.24) is 0 Å². The highest BCUT2D eigenvalue weighted by Crippen LogP contribution is 2.17. The Hall–Kier alpha value is -2.89. The Kier molecular flexibility index (Phi) is 54.3.